The van der Waals surface area contributed by atoms with E-state index in [2.05, 4.69) is 44.3 Å². The summed E-state index contributed by atoms with van der Waals surface area (Å²) in [7, 11) is 1.83. The smallest absolute Gasteiger partial charge is 0.0916 e. The predicted octanol–water partition coefficient (Wildman–Crippen LogP) is 3.15. The fourth-order valence-corrected chi connectivity index (χ4v) is 3.32. The fraction of sp³-hybridized carbons (Fsp3) is 0.647. The molecule has 0 bridgehead atoms. The topological polar surface area (TPSA) is 30.5 Å². The molecule has 0 spiro atoms. The Morgan fingerprint density at radius 1 is 1.20 bits per heavy atom. The molecule has 0 saturated carbocycles. The maximum atomic E-state index is 5.99. The molecule has 3 heteroatoms. The Labute approximate surface area is 122 Å². The molecule has 0 radical (unpaired) electrons. The van der Waals surface area contributed by atoms with Gasteiger partial charge in [0.05, 0.1) is 11.6 Å². The van der Waals surface area contributed by atoms with Crippen LogP contribution in [0.15, 0.2) is 18.2 Å². The van der Waals surface area contributed by atoms with Crippen LogP contribution in [0.1, 0.15) is 42.5 Å². The molecule has 1 aromatic rings. The largest absolute Gasteiger partial charge is 0.381 e. The number of aryl methyl sites for hydroxylation is 2. The number of hydrogen-bond donors (Lipinski definition) is 1. The van der Waals surface area contributed by atoms with Crippen molar-refractivity contribution < 1.29 is 9.47 Å². The summed E-state index contributed by atoms with van der Waals surface area (Å²) in [6, 6.07) is 6.99. The van der Waals surface area contributed by atoms with Gasteiger partial charge in [-0.15, -0.1) is 0 Å². The summed E-state index contributed by atoms with van der Waals surface area (Å²) in [6.07, 6.45) is 1.88. The Balaban J connectivity index is 2.37. The SMILES string of the molecule is CCNC(c1cc(C)cc(C)c1)C1(OC)CCOCC1. The van der Waals surface area contributed by atoms with Crippen molar-refractivity contribution in [1.82, 2.24) is 5.32 Å². The molecule has 0 aromatic heterocycles. The number of rotatable bonds is 5. The molecule has 1 unspecified atom stereocenters. The van der Waals surface area contributed by atoms with Gasteiger partial charge < -0.3 is 14.8 Å². The van der Waals surface area contributed by atoms with Crippen LogP contribution in [0.4, 0.5) is 0 Å². The van der Waals surface area contributed by atoms with E-state index in [4.69, 9.17) is 9.47 Å². The second kappa shape index (κ2) is 6.70. The minimum atomic E-state index is -0.158. The van der Waals surface area contributed by atoms with Crippen LogP contribution in [0.5, 0.6) is 0 Å². The van der Waals surface area contributed by atoms with Gasteiger partial charge in [0.15, 0.2) is 0 Å². The average Bonchev–Trinajstić information content (AvgIpc) is 2.44. The molecule has 1 fully saturated rings. The quantitative estimate of drug-likeness (QED) is 0.897. The van der Waals surface area contributed by atoms with Gasteiger partial charge in [-0.25, -0.2) is 0 Å². The van der Waals surface area contributed by atoms with Crippen molar-refractivity contribution in [2.45, 2.75) is 45.3 Å². The number of ether oxygens (including phenoxy) is 2. The van der Waals surface area contributed by atoms with Crippen molar-refractivity contribution >= 4 is 0 Å². The molecule has 1 heterocycles. The molecule has 3 nitrogen and oxygen atoms in total. The lowest BCUT2D eigenvalue weighted by atomic mass is 9.81. The van der Waals surface area contributed by atoms with E-state index >= 15 is 0 Å². The zero-order chi connectivity index (χ0) is 14.6. The van der Waals surface area contributed by atoms with Crippen molar-refractivity contribution in [3.63, 3.8) is 0 Å². The van der Waals surface area contributed by atoms with E-state index in [1.807, 2.05) is 7.11 Å². The highest BCUT2D eigenvalue weighted by molar-refractivity contribution is 5.32. The lowest BCUT2D eigenvalue weighted by Crippen LogP contribution is -2.49. The average molecular weight is 277 g/mol. The normalized spacial score (nSPS) is 19.8. The van der Waals surface area contributed by atoms with Crippen molar-refractivity contribution in [3.05, 3.63) is 34.9 Å². The van der Waals surface area contributed by atoms with E-state index in [1.54, 1.807) is 0 Å². The number of hydrogen-bond acceptors (Lipinski definition) is 3. The van der Waals surface area contributed by atoms with Crippen molar-refractivity contribution in [1.29, 1.82) is 0 Å². The minimum absolute atomic E-state index is 0.158. The third-order valence-corrected chi connectivity index (χ3v) is 4.26. The van der Waals surface area contributed by atoms with Gasteiger partial charge in [0.2, 0.25) is 0 Å². The second-order valence-electron chi connectivity index (χ2n) is 5.79. The zero-order valence-electron chi connectivity index (χ0n) is 13.2. The van der Waals surface area contributed by atoms with E-state index in [0.29, 0.717) is 0 Å². The van der Waals surface area contributed by atoms with Crippen LogP contribution in [0.25, 0.3) is 0 Å². The number of benzene rings is 1. The summed E-state index contributed by atoms with van der Waals surface area (Å²) < 4.78 is 11.5. The Kier molecular flexibility index (Phi) is 5.19. The van der Waals surface area contributed by atoms with E-state index < -0.39 is 0 Å². The predicted molar refractivity (Wildman–Crippen MR) is 82.1 cm³/mol. The highest BCUT2D eigenvalue weighted by atomic mass is 16.5. The molecule has 0 amide bonds. The molecular formula is C17H27NO2. The standard InChI is InChI=1S/C17H27NO2/c1-5-18-16(15-11-13(2)10-14(3)12-15)17(19-4)6-8-20-9-7-17/h10-12,16,18H,5-9H2,1-4H3. The summed E-state index contributed by atoms with van der Waals surface area (Å²) in [5.41, 5.74) is 3.78. The monoisotopic (exact) mass is 277 g/mol. The molecule has 20 heavy (non-hydrogen) atoms. The van der Waals surface area contributed by atoms with Crippen LogP contribution < -0.4 is 5.32 Å². The van der Waals surface area contributed by atoms with Crippen LogP contribution in [0.2, 0.25) is 0 Å². The van der Waals surface area contributed by atoms with Crippen LogP contribution in [-0.4, -0.2) is 32.5 Å². The van der Waals surface area contributed by atoms with E-state index in [0.717, 1.165) is 32.6 Å². The Morgan fingerprint density at radius 3 is 2.30 bits per heavy atom. The van der Waals surface area contributed by atoms with E-state index in [-0.39, 0.29) is 11.6 Å². The van der Waals surface area contributed by atoms with E-state index in [9.17, 15) is 0 Å². The summed E-state index contributed by atoms with van der Waals surface area (Å²) in [4.78, 5) is 0. The van der Waals surface area contributed by atoms with Crippen LogP contribution in [0.3, 0.4) is 0 Å². The third kappa shape index (κ3) is 3.22. The Hall–Kier alpha value is -0.900. The summed E-state index contributed by atoms with van der Waals surface area (Å²) >= 11 is 0. The first-order valence-corrected chi connectivity index (χ1v) is 7.56. The molecule has 1 aliphatic rings. The lowest BCUT2D eigenvalue weighted by molar-refractivity contribution is -0.111. The molecule has 112 valence electrons. The lowest BCUT2D eigenvalue weighted by Gasteiger charge is -2.43. The van der Waals surface area contributed by atoms with Gasteiger partial charge in [0.1, 0.15) is 0 Å². The minimum Gasteiger partial charge on any atom is -0.381 e. The van der Waals surface area contributed by atoms with Crippen molar-refractivity contribution in [3.8, 4) is 0 Å². The Bertz CT molecular complexity index is 418. The van der Waals surface area contributed by atoms with Gasteiger partial charge in [-0.1, -0.05) is 36.2 Å². The number of likely N-dealkylation sites (N-methyl/N-ethyl adjacent to an activating group) is 1. The maximum absolute atomic E-state index is 5.99. The molecule has 1 N–H and O–H groups in total. The van der Waals surface area contributed by atoms with Crippen LogP contribution >= 0.6 is 0 Å². The van der Waals surface area contributed by atoms with Crippen molar-refractivity contribution in [2.24, 2.45) is 0 Å². The molecule has 1 aliphatic heterocycles. The first-order valence-electron chi connectivity index (χ1n) is 7.56. The van der Waals surface area contributed by atoms with Crippen LogP contribution in [0, 0.1) is 13.8 Å². The third-order valence-electron chi connectivity index (χ3n) is 4.26. The van der Waals surface area contributed by atoms with E-state index in [1.165, 1.54) is 16.7 Å². The first kappa shape index (κ1) is 15.5. The first-order chi connectivity index (χ1) is 9.61. The zero-order valence-corrected chi connectivity index (χ0v) is 13.2. The highest BCUT2D eigenvalue weighted by Crippen LogP contribution is 2.37. The molecule has 0 aliphatic carbocycles. The van der Waals surface area contributed by atoms with Gasteiger partial charge in [0, 0.05) is 33.2 Å². The molecule has 1 atom stereocenters. The molecular weight excluding hydrogens is 250 g/mol. The summed E-state index contributed by atoms with van der Waals surface area (Å²) in [5, 5.41) is 3.63. The molecule has 2 rings (SSSR count). The number of methoxy groups -OCH3 is 1. The number of nitrogens with one attached hydrogen (secondary N) is 1. The second-order valence-corrected chi connectivity index (χ2v) is 5.79. The van der Waals surface area contributed by atoms with Gasteiger partial charge >= 0.3 is 0 Å². The van der Waals surface area contributed by atoms with Crippen molar-refractivity contribution in [2.75, 3.05) is 26.9 Å². The highest BCUT2D eigenvalue weighted by Gasteiger charge is 2.41. The van der Waals surface area contributed by atoms with Gasteiger partial charge in [0.25, 0.3) is 0 Å². The summed E-state index contributed by atoms with van der Waals surface area (Å²) in [6.45, 7) is 8.95. The molecule has 1 aromatic carbocycles. The fourth-order valence-electron chi connectivity index (χ4n) is 3.32. The van der Waals surface area contributed by atoms with Gasteiger partial charge in [-0.05, 0) is 26.0 Å². The van der Waals surface area contributed by atoms with Gasteiger partial charge in [-0.2, -0.15) is 0 Å². The van der Waals surface area contributed by atoms with Crippen LogP contribution in [-0.2, 0) is 9.47 Å². The van der Waals surface area contributed by atoms with Gasteiger partial charge in [-0.3, -0.25) is 0 Å². The Morgan fingerprint density at radius 2 is 1.80 bits per heavy atom. The molecule has 1 saturated heterocycles. The summed E-state index contributed by atoms with van der Waals surface area (Å²) in [5.74, 6) is 0. The maximum Gasteiger partial charge on any atom is 0.0916 e.